The predicted octanol–water partition coefficient (Wildman–Crippen LogP) is 1.49. The second-order valence-electron chi connectivity index (χ2n) is 4.11. The Balaban J connectivity index is 2.15. The molecule has 1 unspecified atom stereocenters. The van der Waals surface area contributed by atoms with Crippen LogP contribution in [0.15, 0.2) is 15.2 Å². The molecule has 2 rings (SSSR count). The van der Waals surface area contributed by atoms with Crippen molar-refractivity contribution >= 4 is 39.1 Å². The summed E-state index contributed by atoms with van der Waals surface area (Å²) in [6.07, 6.45) is 0. The number of carbonyl (C=O) groups excluding carboxylic acids is 2. The number of piperazine rings is 1. The lowest BCUT2D eigenvalue weighted by molar-refractivity contribution is -0.149. The average Bonchev–Trinajstić information content (AvgIpc) is 2.85. The van der Waals surface area contributed by atoms with E-state index in [9.17, 15) is 9.59 Å². The van der Waals surface area contributed by atoms with Gasteiger partial charge in [0.2, 0.25) is 0 Å². The Kier molecular flexibility index (Phi) is 4.95. The third-order valence-corrected chi connectivity index (χ3v) is 4.38. The largest absolute Gasteiger partial charge is 0.464 e. The van der Waals surface area contributed by atoms with Crippen LogP contribution in [0.25, 0.3) is 0 Å². The predicted molar refractivity (Wildman–Crippen MR) is 76.3 cm³/mol. The number of hydrogen-bond acceptors (Lipinski definition) is 5. The summed E-state index contributed by atoms with van der Waals surface area (Å²) in [6, 6.07) is 1.23. The number of ether oxygens (including phenoxy) is 1. The van der Waals surface area contributed by atoms with Crippen molar-refractivity contribution in [1.82, 2.24) is 10.2 Å². The highest BCUT2D eigenvalue weighted by atomic mass is 79.9. The molecule has 5 nitrogen and oxygen atoms in total. The molecule has 0 aromatic carbocycles. The van der Waals surface area contributed by atoms with E-state index in [4.69, 9.17) is 4.74 Å². The number of hydrogen-bond donors (Lipinski definition) is 1. The minimum Gasteiger partial charge on any atom is -0.464 e. The minimum atomic E-state index is -0.542. The molecular weight excluding hydrogens is 332 g/mol. The minimum absolute atomic E-state index is 0.124. The highest BCUT2D eigenvalue weighted by Gasteiger charge is 2.33. The molecular formula is C12H15BrN2O3S. The van der Waals surface area contributed by atoms with Gasteiger partial charge in [-0.15, -0.1) is 11.3 Å². The molecule has 1 aliphatic heterocycles. The number of amides is 1. The normalized spacial score (nSPS) is 19.3. The van der Waals surface area contributed by atoms with Crippen LogP contribution in [0.5, 0.6) is 0 Å². The van der Waals surface area contributed by atoms with Gasteiger partial charge in [0, 0.05) is 25.0 Å². The van der Waals surface area contributed by atoms with Crippen LogP contribution in [0.3, 0.4) is 0 Å². The van der Waals surface area contributed by atoms with E-state index in [2.05, 4.69) is 21.2 Å². The van der Waals surface area contributed by atoms with Gasteiger partial charge in [-0.25, -0.2) is 4.79 Å². The first kappa shape index (κ1) is 14.5. The fourth-order valence-electron chi connectivity index (χ4n) is 1.98. The number of thiophene rings is 1. The van der Waals surface area contributed by atoms with Crippen molar-refractivity contribution in [3.8, 4) is 0 Å². The lowest BCUT2D eigenvalue weighted by atomic mass is 10.1. The van der Waals surface area contributed by atoms with Crippen LogP contribution in [-0.2, 0) is 9.53 Å². The van der Waals surface area contributed by atoms with Crippen LogP contribution in [0, 0.1) is 0 Å². The number of nitrogens with one attached hydrogen (secondary N) is 1. The van der Waals surface area contributed by atoms with Gasteiger partial charge < -0.3 is 15.0 Å². The zero-order chi connectivity index (χ0) is 13.8. The molecule has 0 radical (unpaired) electrons. The van der Waals surface area contributed by atoms with Crippen molar-refractivity contribution in [2.75, 3.05) is 26.2 Å². The Hall–Kier alpha value is -0.920. The zero-order valence-corrected chi connectivity index (χ0v) is 12.9. The van der Waals surface area contributed by atoms with Crippen LogP contribution >= 0.6 is 27.3 Å². The van der Waals surface area contributed by atoms with Crippen molar-refractivity contribution in [2.45, 2.75) is 13.0 Å². The van der Waals surface area contributed by atoms with Gasteiger partial charge >= 0.3 is 5.97 Å². The maximum absolute atomic E-state index is 12.4. The molecule has 2 heterocycles. The van der Waals surface area contributed by atoms with Crippen molar-refractivity contribution < 1.29 is 14.3 Å². The highest BCUT2D eigenvalue weighted by molar-refractivity contribution is 9.11. The van der Waals surface area contributed by atoms with E-state index in [1.54, 1.807) is 23.3 Å². The first-order chi connectivity index (χ1) is 9.13. The molecule has 1 amide bonds. The van der Waals surface area contributed by atoms with Gasteiger partial charge in [-0.05, 0) is 28.9 Å². The fourth-order valence-corrected chi connectivity index (χ4v) is 3.11. The first-order valence-electron chi connectivity index (χ1n) is 6.06. The Morgan fingerprint density at radius 3 is 3.05 bits per heavy atom. The van der Waals surface area contributed by atoms with Gasteiger partial charge in [-0.3, -0.25) is 4.79 Å². The van der Waals surface area contributed by atoms with Gasteiger partial charge in [0.05, 0.1) is 16.0 Å². The standard InChI is InChI=1S/C12H15BrN2O3S/c1-2-18-12(17)9-6-14-3-4-15(9)11(16)8-5-10(13)19-7-8/h5,7,9,14H,2-4,6H2,1H3. The van der Waals surface area contributed by atoms with Gasteiger partial charge in [-0.1, -0.05) is 0 Å². The van der Waals surface area contributed by atoms with Gasteiger partial charge in [-0.2, -0.15) is 0 Å². The van der Waals surface area contributed by atoms with Crippen molar-refractivity contribution in [2.24, 2.45) is 0 Å². The topological polar surface area (TPSA) is 58.6 Å². The summed E-state index contributed by atoms with van der Waals surface area (Å²) < 4.78 is 5.92. The Morgan fingerprint density at radius 2 is 2.42 bits per heavy atom. The van der Waals surface area contributed by atoms with Gasteiger partial charge in [0.25, 0.3) is 5.91 Å². The number of carbonyl (C=O) groups is 2. The van der Waals surface area contributed by atoms with Crippen LogP contribution in [0.2, 0.25) is 0 Å². The summed E-state index contributed by atoms with van der Waals surface area (Å²) in [6.45, 7) is 3.72. The lowest BCUT2D eigenvalue weighted by Gasteiger charge is -2.34. The van der Waals surface area contributed by atoms with Crippen molar-refractivity contribution in [3.05, 3.63) is 20.8 Å². The van der Waals surface area contributed by atoms with E-state index in [1.807, 2.05) is 0 Å². The molecule has 1 aromatic heterocycles. The lowest BCUT2D eigenvalue weighted by Crippen LogP contribution is -2.57. The Bertz CT molecular complexity index is 477. The number of nitrogens with zero attached hydrogens (tertiary/aromatic N) is 1. The maximum atomic E-state index is 12.4. The SMILES string of the molecule is CCOC(=O)C1CNCCN1C(=O)c1csc(Br)c1. The van der Waals surface area contributed by atoms with Crippen LogP contribution < -0.4 is 5.32 Å². The van der Waals surface area contributed by atoms with Crippen LogP contribution in [0.1, 0.15) is 17.3 Å². The highest BCUT2D eigenvalue weighted by Crippen LogP contribution is 2.22. The zero-order valence-electron chi connectivity index (χ0n) is 10.5. The Morgan fingerprint density at radius 1 is 1.63 bits per heavy atom. The number of halogens is 1. The fraction of sp³-hybridized carbons (Fsp3) is 0.500. The molecule has 7 heteroatoms. The average molecular weight is 347 g/mol. The molecule has 104 valence electrons. The number of esters is 1. The van der Waals surface area contributed by atoms with Crippen LogP contribution in [0.4, 0.5) is 0 Å². The molecule has 1 N–H and O–H groups in total. The van der Waals surface area contributed by atoms with E-state index >= 15 is 0 Å². The van der Waals surface area contributed by atoms with E-state index in [0.717, 1.165) is 3.79 Å². The monoisotopic (exact) mass is 346 g/mol. The molecule has 1 fully saturated rings. The summed E-state index contributed by atoms with van der Waals surface area (Å²) in [5.41, 5.74) is 0.605. The summed E-state index contributed by atoms with van der Waals surface area (Å²) in [5.74, 6) is -0.473. The molecule has 19 heavy (non-hydrogen) atoms. The second kappa shape index (κ2) is 6.49. The quantitative estimate of drug-likeness (QED) is 0.842. The summed E-state index contributed by atoms with van der Waals surface area (Å²) >= 11 is 4.79. The van der Waals surface area contributed by atoms with Crippen molar-refractivity contribution in [3.63, 3.8) is 0 Å². The summed E-state index contributed by atoms with van der Waals surface area (Å²) in [4.78, 5) is 25.9. The third-order valence-electron chi connectivity index (χ3n) is 2.88. The van der Waals surface area contributed by atoms with Gasteiger partial charge in [0.1, 0.15) is 6.04 Å². The molecule has 1 aromatic rings. The summed E-state index contributed by atoms with van der Waals surface area (Å²) in [5, 5.41) is 4.90. The molecule has 1 aliphatic rings. The van der Waals surface area contributed by atoms with E-state index in [-0.39, 0.29) is 11.9 Å². The second-order valence-corrected chi connectivity index (χ2v) is 6.40. The smallest absolute Gasteiger partial charge is 0.330 e. The number of rotatable bonds is 3. The van der Waals surface area contributed by atoms with Gasteiger partial charge in [0.15, 0.2) is 0 Å². The van der Waals surface area contributed by atoms with E-state index < -0.39 is 6.04 Å². The first-order valence-corrected chi connectivity index (χ1v) is 7.73. The molecule has 1 atom stereocenters. The molecule has 1 saturated heterocycles. The van der Waals surface area contributed by atoms with E-state index in [0.29, 0.717) is 31.8 Å². The molecule has 0 saturated carbocycles. The third kappa shape index (κ3) is 3.34. The van der Waals surface area contributed by atoms with Crippen molar-refractivity contribution in [1.29, 1.82) is 0 Å². The maximum Gasteiger partial charge on any atom is 0.330 e. The van der Waals surface area contributed by atoms with E-state index in [1.165, 1.54) is 11.3 Å². The van der Waals surface area contributed by atoms with Crippen LogP contribution in [-0.4, -0.2) is 49.1 Å². The Labute approximate surface area is 124 Å². The molecule has 0 spiro atoms. The molecule has 0 aliphatic carbocycles. The summed E-state index contributed by atoms with van der Waals surface area (Å²) in [7, 11) is 0. The molecule has 0 bridgehead atoms.